The topological polar surface area (TPSA) is 71.1 Å². The number of benzene rings is 2. The number of rotatable bonds is 10. The van der Waals surface area contributed by atoms with E-state index in [0.29, 0.717) is 22.6 Å². The number of fused-ring (bicyclic) bond motifs is 1. The van der Waals surface area contributed by atoms with Crippen LogP contribution < -0.4 is 0 Å². The Bertz CT molecular complexity index is 968. The first-order valence-electron chi connectivity index (χ1n) is 9.02. The van der Waals surface area contributed by atoms with Crippen LogP contribution in [0.1, 0.15) is 36.7 Å². The van der Waals surface area contributed by atoms with Crippen molar-refractivity contribution in [3.63, 3.8) is 0 Å². The number of halogens is 2. The Morgan fingerprint density at radius 2 is 1.70 bits per heavy atom. The van der Waals surface area contributed by atoms with Gasteiger partial charge in [-0.25, -0.2) is 0 Å². The number of alkyl halides is 2. The Hall–Kier alpha value is -2.12. The van der Waals surface area contributed by atoms with Gasteiger partial charge < -0.3 is 9.47 Å². The van der Waals surface area contributed by atoms with E-state index in [1.807, 2.05) is 20.8 Å². The fourth-order valence-corrected chi connectivity index (χ4v) is 3.68. The van der Waals surface area contributed by atoms with Crippen LogP contribution in [0, 0.1) is 5.41 Å². The van der Waals surface area contributed by atoms with Crippen molar-refractivity contribution < 1.29 is 36.7 Å². The van der Waals surface area contributed by atoms with Gasteiger partial charge in [0.05, 0.1) is 5.76 Å². The van der Waals surface area contributed by atoms with Crippen LogP contribution in [0.3, 0.4) is 0 Å². The summed E-state index contributed by atoms with van der Waals surface area (Å²) in [6.07, 6.45) is 0.611. The molecule has 0 bridgehead atoms. The number of hydrogen-bond donors (Lipinski definition) is 0. The van der Waals surface area contributed by atoms with Gasteiger partial charge in [0.15, 0.2) is 13.6 Å². The summed E-state index contributed by atoms with van der Waals surface area (Å²) in [5.41, 5.74) is -4.74. The number of carbonyl (C=O) groups excluding carboxylic acids is 1. The van der Waals surface area contributed by atoms with Crippen molar-refractivity contribution in [2.24, 2.45) is 5.41 Å². The first kappa shape index (κ1) is 24.2. The van der Waals surface area contributed by atoms with E-state index in [9.17, 15) is 9.36 Å². The van der Waals surface area contributed by atoms with Gasteiger partial charge in [-0.1, -0.05) is 51.6 Å². The van der Waals surface area contributed by atoms with E-state index in [2.05, 4.69) is 11.3 Å². The summed E-state index contributed by atoms with van der Waals surface area (Å²) in [5.74, 6) is 0.274. The van der Waals surface area contributed by atoms with Gasteiger partial charge >= 0.3 is 13.3 Å². The van der Waals surface area contributed by atoms with Gasteiger partial charge in [-0.2, -0.15) is 8.78 Å². The third-order valence-electron chi connectivity index (χ3n) is 4.32. The zero-order valence-corrected chi connectivity index (χ0v) is 18.2. The summed E-state index contributed by atoms with van der Waals surface area (Å²) in [6.45, 7) is 7.73. The lowest BCUT2D eigenvalue weighted by molar-refractivity contribution is -0.0398. The van der Waals surface area contributed by atoms with Crippen molar-refractivity contribution in [1.82, 2.24) is 0 Å². The summed E-state index contributed by atoms with van der Waals surface area (Å²) < 4.78 is 63.2. The molecule has 0 aromatic heterocycles. The predicted molar refractivity (Wildman–Crippen MR) is 109 cm³/mol. The molecule has 2 rings (SSSR count). The molecule has 0 heterocycles. The Labute approximate surface area is 174 Å². The molecule has 6 nitrogen and oxygen atoms in total. The molecule has 0 aliphatic heterocycles. The fraction of sp³-hybridized carbons (Fsp3) is 0.381. The van der Waals surface area contributed by atoms with E-state index in [1.165, 1.54) is 19.2 Å². The number of aldehydes is 1. The van der Waals surface area contributed by atoms with Gasteiger partial charge in [0.1, 0.15) is 6.29 Å². The molecule has 1 unspecified atom stereocenters. The van der Waals surface area contributed by atoms with Gasteiger partial charge in [0.2, 0.25) is 0 Å². The lowest BCUT2D eigenvalue weighted by atomic mass is 9.95. The zero-order valence-electron chi connectivity index (χ0n) is 17.3. The summed E-state index contributed by atoms with van der Waals surface area (Å²) >= 11 is 0. The predicted octanol–water partition coefficient (Wildman–Crippen LogP) is 6.07. The third-order valence-corrected chi connectivity index (χ3v) is 6.16. The molecule has 0 aliphatic carbocycles. The molecule has 0 fully saturated rings. The van der Waals surface area contributed by atoms with Gasteiger partial charge in [-0.3, -0.25) is 18.4 Å². The Balaban J connectivity index is 2.36. The lowest BCUT2D eigenvalue weighted by Gasteiger charge is -2.28. The molecule has 30 heavy (non-hydrogen) atoms. The van der Waals surface area contributed by atoms with E-state index >= 15 is 8.78 Å². The highest BCUT2D eigenvalue weighted by molar-refractivity contribution is 7.54. The average Bonchev–Trinajstić information content (AvgIpc) is 2.70. The van der Waals surface area contributed by atoms with Crippen LogP contribution in [0.25, 0.3) is 10.8 Å². The van der Waals surface area contributed by atoms with Gasteiger partial charge in [-0.05, 0) is 22.9 Å². The minimum absolute atomic E-state index is 0.274. The van der Waals surface area contributed by atoms with Crippen molar-refractivity contribution in [1.29, 1.82) is 0 Å². The van der Waals surface area contributed by atoms with Crippen LogP contribution in [0.2, 0.25) is 0 Å². The van der Waals surface area contributed by atoms with E-state index in [1.54, 1.807) is 12.1 Å². The molecule has 0 N–H and O–H groups in total. The van der Waals surface area contributed by atoms with E-state index in [-0.39, 0.29) is 5.76 Å². The number of ether oxygens (including phenoxy) is 2. The maximum atomic E-state index is 15.3. The minimum Gasteiger partial charge on any atom is -0.471 e. The molecule has 9 heteroatoms. The second-order valence-corrected chi connectivity index (χ2v) is 9.65. The molecule has 0 aliphatic rings. The number of carbonyl (C=O) groups is 1. The zero-order chi connectivity index (χ0) is 22.6. The summed E-state index contributed by atoms with van der Waals surface area (Å²) in [7, 11) is -3.85. The molecule has 0 spiro atoms. The smallest absolute Gasteiger partial charge is 0.409 e. The van der Waals surface area contributed by atoms with Crippen LogP contribution in [-0.2, 0) is 28.7 Å². The fourth-order valence-electron chi connectivity index (χ4n) is 2.39. The normalized spacial score (nSPS) is 14.3. The molecule has 2 aromatic rings. The standard InChI is InChI=1S/C21H25F2O6P/c1-15(20(2,3)4)27-14-29-30(25,28-13-26-5)21(22,23)19-9-8-17-7-6-16(12-24)10-18(17)11-19/h6-12H,1,13-14H2,2-5H3. The minimum atomic E-state index is -5.06. The number of hydrogen-bond acceptors (Lipinski definition) is 6. The largest absolute Gasteiger partial charge is 0.471 e. The second-order valence-electron chi connectivity index (χ2n) is 7.58. The van der Waals surface area contributed by atoms with E-state index in [0.717, 1.165) is 12.1 Å². The Morgan fingerprint density at radius 3 is 2.30 bits per heavy atom. The van der Waals surface area contributed by atoms with Crippen molar-refractivity contribution >= 4 is 24.7 Å². The van der Waals surface area contributed by atoms with Gasteiger partial charge in [-0.15, -0.1) is 0 Å². The molecule has 0 saturated heterocycles. The van der Waals surface area contributed by atoms with Crippen LogP contribution >= 0.6 is 7.60 Å². The van der Waals surface area contributed by atoms with Crippen molar-refractivity contribution in [3.8, 4) is 0 Å². The molecule has 164 valence electrons. The van der Waals surface area contributed by atoms with Gasteiger partial charge in [0, 0.05) is 23.7 Å². The maximum absolute atomic E-state index is 15.3. The van der Waals surface area contributed by atoms with E-state index < -0.39 is 37.8 Å². The van der Waals surface area contributed by atoms with Crippen molar-refractivity contribution in [3.05, 3.63) is 59.9 Å². The monoisotopic (exact) mass is 442 g/mol. The molecule has 0 amide bonds. The second kappa shape index (κ2) is 9.35. The number of methoxy groups -OCH3 is 1. The quantitative estimate of drug-likeness (QED) is 0.193. The Kier molecular flexibility index (Phi) is 7.53. The highest BCUT2D eigenvalue weighted by Crippen LogP contribution is 2.67. The molecular weight excluding hydrogens is 417 g/mol. The summed E-state index contributed by atoms with van der Waals surface area (Å²) in [4.78, 5) is 11.0. The SMILES string of the molecule is C=C(OCOP(=O)(OCOC)C(F)(F)c1ccc2ccc(C=O)cc2c1)C(C)(C)C. The Morgan fingerprint density at radius 1 is 1.07 bits per heavy atom. The van der Waals surface area contributed by atoms with Crippen molar-refractivity contribution in [2.45, 2.75) is 26.4 Å². The summed E-state index contributed by atoms with van der Waals surface area (Å²) in [6, 6.07) is 8.37. The molecule has 0 saturated carbocycles. The van der Waals surface area contributed by atoms with Crippen LogP contribution in [0.15, 0.2) is 48.7 Å². The number of allylic oxidation sites excluding steroid dienone is 1. The van der Waals surface area contributed by atoms with Crippen LogP contribution in [-0.4, -0.2) is 27.0 Å². The molecule has 2 aromatic carbocycles. The third kappa shape index (κ3) is 5.32. The van der Waals surface area contributed by atoms with Crippen LogP contribution in [0.4, 0.5) is 8.78 Å². The molecule has 1 atom stereocenters. The van der Waals surface area contributed by atoms with E-state index in [4.69, 9.17) is 13.8 Å². The van der Waals surface area contributed by atoms with Gasteiger partial charge in [0.25, 0.3) is 0 Å². The van der Waals surface area contributed by atoms with Crippen molar-refractivity contribution in [2.75, 3.05) is 20.7 Å². The summed E-state index contributed by atoms with van der Waals surface area (Å²) in [5, 5.41) is 1.02. The first-order valence-corrected chi connectivity index (χ1v) is 10.6. The lowest BCUT2D eigenvalue weighted by Crippen LogP contribution is -2.20. The average molecular weight is 442 g/mol. The highest BCUT2D eigenvalue weighted by Gasteiger charge is 2.55. The highest BCUT2D eigenvalue weighted by atomic mass is 31.2. The molecule has 0 radical (unpaired) electrons. The maximum Gasteiger partial charge on any atom is 0.409 e. The molecular formula is C21H25F2O6P. The first-order chi connectivity index (χ1) is 13.9. The van der Waals surface area contributed by atoms with Crippen LogP contribution in [0.5, 0.6) is 0 Å².